The van der Waals surface area contributed by atoms with Gasteiger partial charge in [0, 0.05) is 10.1 Å². The number of halogens is 1. The molecular weight excluding hydrogens is 289 g/mol. The fraction of sp³-hybridized carbons (Fsp3) is 0.273. The van der Waals surface area contributed by atoms with E-state index in [-0.39, 0.29) is 6.10 Å². The molecule has 1 aliphatic rings. The second-order valence-corrected chi connectivity index (χ2v) is 4.71. The van der Waals surface area contributed by atoms with Gasteiger partial charge in [0.2, 0.25) is 0 Å². The number of hydrogen-bond donors (Lipinski definition) is 2. The minimum absolute atomic E-state index is 0.279. The van der Waals surface area contributed by atoms with Crippen molar-refractivity contribution in [3.63, 3.8) is 0 Å². The Morgan fingerprint density at radius 1 is 1.43 bits per heavy atom. The number of rotatable bonds is 2. The maximum atomic E-state index is 9.51. The van der Waals surface area contributed by atoms with E-state index in [0.29, 0.717) is 6.54 Å². The third-order valence-corrected chi connectivity index (χ3v) is 3.07. The summed E-state index contributed by atoms with van der Waals surface area (Å²) in [5, 5.41) is 9.51. The zero-order chi connectivity index (χ0) is 10.1. The molecule has 0 spiro atoms. The normalized spacial score (nSPS) is 20.2. The van der Waals surface area contributed by atoms with E-state index in [9.17, 15) is 5.11 Å². The monoisotopic (exact) mass is 301 g/mol. The SMILES string of the molecule is NCc1cc(I)cc(C2=CCC2O)c1. The van der Waals surface area contributed by atoms with Crippen LogP contribution in [0.1, 0.15) is 17.5 Å². The number of benzene rings is 1. The van der Waals surface area contributed by atoms with E-state index in [1.54, 1.807) is 0 Å². The molecular formula is C11H12INO. The van der Waals surface area contributed by atoms with E-state index in [2.05, 4.69) is 46.9 Å². The molecule has 2 rings (SSSR count). The summed E-state index contributed by atoms with van der Waals surface area (Å²) in [7, 11) is 0. The smallest absolute Gasteiger partial charge is 0.0827 e. The van der Waals surface area contributed by atoms with Crippen molar-refractivity contribution < 1.29 is 5.11 Å². The van der Waals surface area contributed by atoms with Gasteiger partial charge in [-0.15, -0.1) is 0 Å². The van der Waals surface area contributed by atoms with Gasteiger partial charge in [-0.05, 0) is 57.8 Å². The lowest BCUT2D eigenvalue weighted by Crippen LogP contribution is -2.16. The molecule has 2 nitrogen and oxygen atoms in total. The molecule has 74 valence electrons. The number of aliphatic hydroxyl groups excluding tert-OH is 1. The first-order chi connectivity index (χ1) is 6.70. The highest BCUT2D eigenvalue weighted by atomic mass is 127. The Kier molecular flexibility index (Phi) is 2.90. The molecule has 0 aliphatic heterocycles. The van der Waals surface area contributed by atoms with E-state index >= 15 is 0 Å². The van der Waals surface area contributed by atoms with Gasteiger partial charge in [0.25, 0.3) is 0 Å². The molecule has 1 aliphatic carbocycles. The average Bonchev–Trinajstić information content (AvgIpc) is 2.14. The number of aliphatic hydroxyl groups is 1. The second-order valence-electron chi connectivity index (χ2n) is 3.46. The summed E-state index contributed by atoms with van der Waals surface area (Å²) in [6, 6.07) is 6.19. The van der Waals surface area contributed by atoms with Crippen molar-refractivity contribution in [3.05, 3.63) is 39.0 Å². The van der Waals surface area contributed by atoms with Crippen LogP contribution < -0.4 is 5.73 Å². The lowest BCUT2D eigenvalue weighted by atomic mass is 9.88. The molecule has 1 aromatic rings. The average molecular weight is 301 g/mol. The molecule has 0 heterocycles. The quantitative estimate of drug-likeness (QED) is 0.820. The Morgan fingerprint density at radius 3 is 2.71 bits per heavy atom. The van der Waals surface area contributed by atoms with Gasteiger partial charge in [0.05, 0.1) is 6.10 Å². The van der Waals surface area contributed by atoms with Crippen LogP contribution in [-0.4, -0.2) is 11.2 Å². The van der Waals surface area contributed by atoms with Gasteiger partial charge < -0.3 is 10.8 Å². The molecule has 3 heteroatoms. The topological polar surface area (TPSA) is 46.2 Å². The summed E-state index contributed by atoms with van der Waals surface area (Å²) in [5.74, 6) is 0. The van der Waals surface area contributed by atoms with E-state index < -0.39 is 0 Å². The largest absolute Gasteiger partial charge is 0.388 e. The highest BCUT2D eigenvalue weighted by Gasteiger charge is 2.20. The molecule has 3 N–H and O–H groups in total. The Morgan fingerprint density at radius 2 is 2.21 bits per heavy atom. The van der Waals surface area contributed by atoms with Crippen LogP contribution in [0.5, 0.6) is 0 Å². The maximum Gasteiger partial charge on any atom is 0.0827 e. The van der Waals surface area contributed by atoms with Crippen molar-refractivity contribution in [2.45, 2.75) is 19.1 Å². The predicted octanol–water partition coefficient (Wildman–Crippen LogP) is 1.90. The second kappa shape index (κ2) is 4.00. The van der Waals surface area contributed by atoms with Crippen LogP contribution >= 0.6 is 22.6 Å². The van der Waals surface area contributed by atoms with Crippen molar-refractivity contribution in [1.82, 2.24) is 0 Å². The minimum Gasteiger partial charge on any atom is -0.388 e. The highest BCUT2D eigenvalue weighted by molar-refractivity contribution is 14.1. The molecule has 0 saturated carbocycles. The first-order valence-corrected chi connectivity index (χ1v) is 5.66. The zero-order valence-corrected chi connectivity index (χ0v) is 9.86. The summed E-state index contributed by atoms with van der Waals surface area (Å²) in [4.78, 5) is 0. The van der Waals surface area contributed by atoms with Crippen LogP contribution in [-0.2, 0) is 6.54 Å². The van der Waals surface area contributed by atoms with Crippen molar-refractivity contribution in [2.24, 2.45) is 5.73 Å². The van der Waals surface area contributed by atoms with Gasteiger partial charge in [-0.25, -0.2) is 0 Å². The first-order valence-electron chi connectivity index (χ1n) is 4.58. The zero-order valence-electron chi connectivity index (χ0n) is 7.70. The van der Waals surface area contributed by atoms with Crippen molar-refractivity contribution in [2.75, 3.05) is 0 Å². The van der Waals surface area contributed by atoms with Gasteiger partial charge in [-0.3, -0.25) is 0 Å². The number of hydrogen-bond acceptors (Lipinski definition) is 2. The Bertz CT molecular complexity index is 387. The van der Waals surface area contributed by atoms with Gasteiger partial charge >= 0.3 is 0 Å². The molecule has 14 heavy (non-hydrogen) atoms. The molecule has 1 aromatic carbocycles. The van der Waals surface area contributed by atoms with Crippen molar-refractivity contribution in [1.29, 1.82) is 0 Å². The van der Waals surface area contributed by atoms with E-state index in [0.717, 1.165) is 23.1 Å². The molecule has 0 aromatic heterocycles. The Labute approximate surface area is 97.0 Å². The minimum atomic E-state index is -0.279. The molecule has 1 atom stereocenters. The van der Waals surface area contributed by atoms with Crippen molar-refractivity contribution in [3.8, 4) is 0 Å². The Balaban J connectivity index is 2.38. The fourth-order valence-corrected chi connectivity index (χ4v) is 2.32. The summed E-state index contributed by atoms with van der Waals surface area (Å²) in [5.41, 5.74) is 8.86. The molecule has 0 amide bonds. The fourth-order valence-electron chi connectivity index (χ4n) is 1.59. The molecule has 1 unspecified atom stereocenters. The van der Waals surface area contributed by atoms with Crippen LogP contribution in [0, 0.1) is 3.57 Å². The van der Waals surface area contributed by atoms with E-state index in [1.807, 2.05) is 0 Å². The summed E-state index contributed by atoms with van der Waals surface area (Å²) < 4.78 is 1.17. The lowest BCUT2D eigenvalue weighted by molar-refractivity contribution is 0.222. The molecule has 0 saturated heterocycles. The highest BCUT2D eigenvalue weighted by Crippen LogP contribution is 2.30. The molecule has 0 radical (unpaired) electrons. The summed E-state index contributed by atoms with van der Waals surface area (Å²) in [6.45, 7) is 0.549. The van der Waals surface area contributed by atoms with Crippen LogP contribution in [0.4, 0.5) is 0 Å². The lowest BCUT2D eigenvalue weighted by Gasteiger charge is -2.22. The van der Waals surface area contributed by atoms with Crippen LogP contribution in [0.15, 0.2) is 24.3 Å². The summed E-state index contributed by atoms with van der Waals surface area (Å²) in [6.07, 6.45) is 2.56. The third kappa shape index (κ3) is 1.85. The van der Waals surface area contributed by atoms with Crippen molar-refractivity contribution >= 4 is 28.2 Å². The van der Waals surface area contributed by atoms with Crippen LogP contribution in [0.25, 0.3) is 5.57 Å². The van der Waals surface area contributed by atoms with E-state index in [4.69, 9.17) is 5.73 Å². The summed E-state index contributed by atoms with van der Waals surface area (Å²) >= 11 is 2.27. The first kappa shape index (κ1) is 10.1. The maximum absolute atomic E-state index is 9.51. The van der Waals surface area contributed by atoms with Gasteiger partial charge in [-0.2, -0.15) is 0 Å². The van der Waals surface area contributed by atoms with Gasteiger partial charge in [-0.1, -0.05) is 12.1 Å². The molecule has 0 bridgehead atoms. The third-order valence-electron chi connectivity index (χ3n) is 2.45. The standard InChI is InChI=1S/C11H12INO/c12-9-4-7(6-13)3-8(5-9)10-1-2-11(10)14/h1,3-5,11,14H,2,6,13H2. The molecule has 0 fully saturated rings. The van der Waals surface area contributed by atoms with Crippen LogP contribution in [0.3, 0.4) is 0 Å². The number of nitrogens with two attached hydrogens (primary N) is 1. The predicted molar refractivity (Wildman–Crippen MR) is 65.7 cm³/mol. The van der Waals surface area contributed by atoms with E-state index in [1.165, 1.54) is 3.57 Å². The van der Waals surface area contributed by atoms with Gasteiger partial charge in [0.1, 0.15) is 0 Å². The van der Waals surface area contributed by atoms with Crippen LogP contribution in [0.2, 0.25) is 0 Å². The van der Waals surface area contributed by atoms with Gasteiger partial charge in [0.15, 0.2) is 0 Å². The Hall–Kier alpha value is -0.390.